The van der Waals surface area contributed by atoms with Gasteiger partial charge < -0.3 is 28.2 Å². The molecule has 1 fully saturated rings. The van der Waals surface area contributed by atoms with Crippen LogP contribution in [0.1, 0.15) is 0 Å². The van der Waals surface area contributed by atoms with Crippen LogP contribution in [0.15, 0.2) is 41.3 Å². The fraction of sp³-hybridized carbons (Fsp3) is 0.235. The van der Waals surface area contributed by atoms with Gasteiger partial charge in [0.05, 0.1) is 0 Å². The third kappa shape index (κ3) is 9.76. The van der Waals surface area contributed by atoms with E-state index in [4.69, 9.17) is 0 Å². The maximum absolute atomic E-state index is 12.2. The number of aromatic nitrogens is 2. The summed E-state index contributed by atoms with van der Waals surface area (Å²) in [5.41, 5.74) is 0.185. The molecular formula is C17H20KN6O3Y2-3. The van der Waals surface area contributed by atoms with E-state index in [1.54, 1.807) is 41.4 Å². The van der Waals surface area contributed by atoms with E-state index in [2.05, 4.69) is 16.4 Å². The predicted molar refractivity (Wildman–Crippen MR) is 98.2 cm³/mol. The Kier molecular flexibility index (Phi) is 20.4. The van der Waals surface area contributed by atoms with Gasteiger partial charge in [-0.2, -0.15) is 29.6 Å². The summed E-state index contributed by atoms with van der Waals surface area (Å²) in [6.07, 6.45) is 3.36. The van der Waals surface area contributed by atoms with E-state index in [0.29, 0.717) is 31.9 Å². The maximum Gasteiger partial charge on any atom is 1.00 e. The normalized spacial score (nSPS) is 11.9. The molecule has 1 saturated heterocycles. The molecule has 146 valence electrons. The Morgan fingerprint density at radius 2 is 1.69 bits per heavy atom. The minimum Gasteiger partial charge on any atom is -0.693 e. The van der Waals surface area contributed by atoms with Crippen molar-refractivity contribution in [3.05, 3.63) is 66.7 Å². The minimum absolute atomic E-state index is 0. The van der Waals surface area contributed by atoms with Gasteiger partial charge in [-0.25, -0.2) is 9.59 Å². The van der Waals surface area contributed by atoms with Gasteiger partial charge in [0.25, 0.3) is 0 Å². The molecule has 1 aromatic carbocycles. The molecule has 0 unspecified atom stereocenters. The number of piperazine rings is 1. The molecule has 9 nitrogen and oxygen atoms in total. The average Bonchev–Trinajstić information content (AvgIpc) is 2.62. The van der Waals surface area contributed by atoms with Crippen LogP contribution in [0.4, 0.5) is 10.6 Å². The first kappa shape index (κ1) is 34.3. The van der Waals surface area contributed by atoms with E-state index < -0.39 is 5.69 Å². The molecule has 2 aromatic rings. The van der Waals surface area contributed by atoms with Gasteiger partial charge in [-0.15, -0.1) is 12.1 Å². The number of hydrogen-bond acceptors (Lipinski definition) is 4. The summed E-state index contributed by atoms with van der Waals surface area (Å²) in [7, 11) is 0. The van der Waals surface area contributed by atoms with Crippen LogP contribution in [0.5, 0.6) is 0 Å². The average molecular weight is 573 g/mol. The number of nitrogens with zero attached hydrogens (tertiary/aromatic N) is 4. The van der Waals surface area contributed by atoms with Crippen molar-refractivity contribution in [2.24, 2.45) is 0 Å². The van der Waals surface area contributed by atoms with Gasteiger partial charge in [0.2, 0.25) is 0 Å². The van der Waals surface area contributed by atoms with Gasteiger partial charge in [-0.05, 0) is 6.07 Å². The Bertz CT molecular complexity index is 801. The van der Waals surface area contributed by atoms with Crippen molar-refractivity contribution in [3.8, 4) is 5.69 Å². The predicted octanol–water partition coefficient (Wildman–Crippen LogP) is -1.58. The Hall–Kier alpha value is 0.644. The Labute approximate surface area is 263 Å². The topological polar surface area (TPSA) is 121 Å². The largest absolute Gasteiger partial charge is 1.00 e. The van der Waals surface area contributed by atoms with Crippen molar-refractivity contribution in [1.82, 2.24) is 19.4 Å². The second-order valence-electron chi connectivity index (χ2n) is 5.22. The van der Waals surface area contributed by atoms with Crippen LogP contribution in [0, 0.1) is 13.5 Å². The van der Waals surface area contributed by atoms with Crippen molar-refractivity contribution in [2.75, 3.05) is 31.5 Å². The monoisotopic (exact) mass is 573 g/mol. The van der Waals surface area contributed by atoms with E-state index in [0.717, 1.165) is 0 Å². The summed E-state index contributed by atoms with van der Waals surface area (Å²) in [4.78, 5) is 41.8. The third-order valence-corrected chi connectivity index (χ3v) is 3.71. The number of anilines is 1. The molecule has 2 radical (unpaired) electrons. The van der Waals surface area contributed by atoms with Gasteiger partial charge >= 0.3 is 63.1 Å². The zero-order chi connectivity index (χ0) is 16.9. The van der Waals surface area contributed by atoms with Gasteiger partial charge in [0.15, 0.2) is 0 Å². The molecule has 1 aromatic heterocycles. The van der Waals surface area contributed by atoms with Gasteiger partial charge in [0.1, 0.15) is 5.82 Å². The van der Waals surface area contributed by atoms with Crippen LogP contribution < -0.4 is 62.4 Å². The number of nitrogens with two attached hydrogens (primary N) is 1. The van der Waals surface area contributed by atoms with Crippen molar-refractivity contribution < 1.29 is 126 Å². The number of carbonyl (C=O) groups is 1. The zero-order valence-electron chi connectivity index (χ0n) is 16.5. The Balaban J connectivity index is -0.00000135. The number of benzene rings is 1. The fourth-order valence-electron chi connectivity index (χ4n) is 2.40. The molecule has 1 aliphatic rings. The summed E-state index contributed by atoms with van der Waals surface area (Å²) in [6.45, 7) is 1.71. The van der Waals surface area contributed by atoms with E-state index >= 15 is 0 Å². The van der Waals surface area contributed by atoms with Crippen LogP contribution in [-0.4, -0.2) is 58.0 Å². The SMILES string of the molecule is O=[C-]N1CCN(C(=O)Nc2ccn(-c3cc[c-]cc3)c(=O)n2)CC1.[CH3-].[K+].[NH2-].[Y].[Y]. The number of amides is 3. The third-order valence-electron chi connectivity index (χ3n) is 3.71. The summed E-state index contributed by atoms with van der Waals surface area (Å²) in [6, 6.07) is 11.0. The first-order chi connectivity index (χ1) is 11.7. The molecule has 3 N–H and O–H groups in total. The van der Waals surface area contributed by atoms with Crippen molar-refractivity contribution >= 4 is 18.3 Å². The number of hydrogen-bond donors (Lipinski definition) is 1. The summed E-state index contributed by atoms with van der Waals surface area (Å²) < 4.78 is 1.38. The maximum atomic E-state index is 12.2. The standard InChI is InChI=1S/C16H15N5O3.CH3.K.H2N.2Y/c22-12-19-8-10-20(11-9-19)15(23)17-14-6-7-21(16(24)18-14)13-4-2-1-3-5-13;;;;;/h2-7H,8-11H2,(H,17,18,23,24);1H3;;1H2;;/q-2;-1;+1;-1;;. The van der Waals surface area contributed by atoms with E-state index in [-0.39, 0.29) is 142 Å². The minimum atomic E-state index is -0.487. The van der Waals surface area contributed by atoms with Crippen LogP contribution >= 0.6 is 0 Å². The van der Waals surface area contributed by atoms with E-state index in [1.807, 2.05) is 6.41 Å². The second-order valence-corrected chi connectivity index (χ2v) is 5.22. The molecule has 3 amide bonds. The van der Waals surface area contributed by atoms with Crippen LogP contribution in [0.25, 0.3) is 11.8 Å². The van der Waals surface area contributed by atoms with Gasteiger partial charge in [0, 0.05) is 97.8 Å². The second kappa shape index (κ2) is 17.2. The summed E-state index contributed by atoms with van der Waals surface area (Å²) in [5.74, 6) is 0.188. The molecule has 1 aliphatic heterocycles. The number of rotatable bonds is 3. The molecular weight excluding hydrogens is 553 g/mol. The molecule has 29 heavy (non-hydrogen) atoms. The van der Waals surface area contributed by atoms with Gasteiger partial charge in [-0.3, -0.25) is 9.88 Å². The first-order valence-corrected chi connectivity index (χ1v) is 7.42. The molecule has 3 rings (SSSR count). The van der Waals surface area contributed by atoms with E-state index in [1.165, 1.54) is 9.47 Å². The molecule has 0 atom stereocenters. The molecule has 0 bridgehead atoms. The van der Waals surface area contributed by atoms with E-state index in [9.17, 15) is 14.4 Å². The number of urea groups is 1. The summed E-state index contributed by atoms with van der Waals surface area (Å²) >= 11 is 0. The molecule has 0 saturated carbocycles. The molecule has 2 heterocycles. The number of carbonyl (C=O) groups excluding carboxylic acids is 2. The summed E-state index contributed by atoms with van der Waals surface area (Å²) in [5, 5.41) is 2.60. The van der Waals surface area contributed by atoms with Gasteiger partial charge in [-0.1, -0.05) is 5.69 Å². The quantitative estimate of drug-likeness (QED) is 0.352. The smallest absolute Gasteiger partial charge is 0.693 e. The number of nitrogens with one attached hydrogen (secondary N) is 1. The van der Waals surface area contributed by atoms with Crippen molar-refractivity contribution in [2.45, 2.75) is 0 Å². The van der Waals surface area contributed by atoms with Crippen LogP contribution in [0.3, 0.4) is 0 Å². The van der Waals surface area contributed by atoms with Crippen molar-refractivity contribution in [3.63, 3.8) is 0 Å². The van der Waals surface area contributed by atoms with Crippen LogP contribution in [0.2, 0.25) is 0 Å². The van der Waals surface area contributed by atoms with Crippen molar-refractivity contribution in [1.29, 1.82) is 0 Å². The molecule has 0 spiro atoms. The Morgan fingerprint density at radius 3 is 2.21 bits per heavy atom. The fourth-order valence-corrected chi connectivity index (χ4v) is 2.40. The first-order valence-electron chi connectivity index (χ1n) is 7.42. The van der Waals surface area contributed by atoms with Crippen LogP contribution in [-0.2, 0) is 70.2 Å². The Morgan fingerprint density at radius 1 is 1.10 bits per heavy atom. The zero-order valence-corrected chi connectivity index (χ0v) is 25.3. The molecule has 12 heteroatoms. The molecule has 0 aliphatic carbocycles.